The van der Waals surface area contributed by atoms with Gasteiger partial charge in [0.2, 0.25) is 0 Å². The lowest BCUT2D eigenvalue weighted by Gasteiger charge is -2.28. The Morgan fingerprint density at radius 1 is 1.18 bits per heavy atom. The van der Waals surface area contributed by atoms with E-state index in [9.17, 15) is 4.79 Å². The van der Waals surface area contributed by atoms with Gasteiger partial charge in [0, 0.05) is 36.0 Å². The van der Waals surface area contributed by atoms with Crippen LogP contribution in [0.4, 0.5) is 5.69 Å². The van der Waals surface area contributed by atoms with E-state index in [-0.39, 0.29) is 5.91 Å². The van der Waals surface area contributed by atoms with Crippen LogP contribution in [0.15, 0.2) is 47.1 Å². The topological polar surface area (TPSA) is 58.9 Å². The van der Waals surface area contributed by atoms with Crippen molar-refractivity contribution in [2.24, 2.45) is 0 Å². The molecule has 1 aliphatic heterocycles. The standard InChI is InChI=1S/C21H23BrN4O2/c1-2-18-20(26-14-16(22)5-8-19(26)24-18)21(27)23-13-15-3-6-17(7-4-15)25-9-11-28-12-10-25/h3-8,14H,2,9-13H2,1H3,(H,23,27). The van der Waals surface area contributed by atoms with Gasteiger partial charge in [-0.15, -0.1) is 0 Å². The molecule has 3 aromatic rings. The number of amides is 1. The zero-order valence-corrected chi connectivity index (χ0v) is 17.4. The number of ether oxygens (including phenoxy) is 1. The Hall–Kier alpha value is -2.38. The normalized spacial score (nSPS) is 14.4. The van der Waals surface area contributed by atoms with Crippen molar-refractivity contribution in [3.05, 3.63) is 64.0 Å². The molecule has 4 rings (SSSR count). The summed E-state index contributed by atoms with van der Waals surface area (Å²) in [5, 5.41) is 3.04. The van der Waals surface area contributed by atoms with Crippen molar-refractivity contribution >= 4 is 33.2 Å². The number of carbonyl (C=O) groups excluding carboxylic acids is 1. The van der Waals surface area contributed by atoms with Crippen LogP contribution in [0.1, 0.15) is 28.7 Å². The lowest BCUT2D eigenvalue weighted by molar-refractivity contribution is 0.0944. The van der Waals surface area contributed by atoms with E-state index in [4.69, 9.17) is 4.74 Å². The fourth-order valence-electron chi connectivity index (χ4n) is 3.47. The minimum atomic E-state index is -0.111. The van der Waals surface area contributed by atoms with Gasteiger partial charge in [0.05, 0.1) is 18.9 Å². The van der Waals surface area contributed by atoms with Crippen LogP contribution in [0.25, 0.3) is 5.65 Å². The van der Waals surface area contributed by atoms with E-state index in [2.05, 4.69) is 55.4 Å². The zero-order chi connectivity index (χ0) is 19.5. The molecule has 1 saturated heterocycles. The van der Waals surface area contributed by atoms with Gasteiger partial charge in [-0.2, -0.15) is 0 Å². The number of imidazole rings is 1. The number of benzene rings is 1. The number of hydrogen-bond donors (Lipinski definition) is 1. The lowest BCUT2D eigenvalue weighted by Crippen LogP contribution is -2.36. The Balaban J connectivity index is 1.47. The number of anilines is 1. The van der Waals surface area contributed by atoms with E-state index in [0.717, 1.165) is 47.7 Å². The number of hydrogen-bond acceptors (Lipinski definition) is 4. The number of aromatic nitrogens is 2. The molecule has 28 heavy (non-hydrogen) atoms. The van der Waals surface area contributed by atoms with Crippen LogP contribution in [0.5, 0.6) is 0 Å². The molecule has 1 aromatic carbocycles. The van der Waals surface area contributed by atoms with Crippen LogP contribution in [0, 0.1) is 0 Å². The van der Waals surface area contributed by atoms with E-state index < -0.39 is 0 Å². The molecule has 146 valence electrons. The molecule has 0 unspecified atom stereocenters. The fraction of sp³-hybridized carbons (Fsp3) is 0.333. The third-order valence-electron chi connectivity index (χ3n) is 4.97. The summed E-state index contributed by atoms with van der Waals surface area (Å²) in [5.74, 6) is -0.111. The Kier molecular flexibility index (Phi) is 5.64. The van der Waals surface area contributed by atoms with Crippen LogP contribution in [0.2, 0.25) is 0 Å². The van der Waals surface area contributed by atoms with Gasteiger partial charge < -0.3 is 15.0 Å². The molecule has 0 saturated carbocycles. The van der Waals surface area contributed by atoms with Gasteiger partial charge in [-0.1, -0.05) is 19.1 Å². The SMILES string of the molecule is CCc1nc2ccc(Br)cn2c1C(=O)NCc1ccc(N2CCOCC2)cc1. The first-order valence-electron chi connectivity index (χ1n) is 9.52. The Bertz CT molecular complexity index is 978. The molecular formula is C21H23BrN4O2. The Labute approximate surface area is 172 Å². The number of morpholine rings is 1. The highest BCUT2D eigenvalue weighted by Crippen LogP contribution is 2.19. The maximum Gasteiger partial charge on any atom is 0.270 e. The summed E-state index contributed by atoms with van der Waals surface area (Å²) in [5.41, 5.74) is 4.44. The van der Waals surface area contributed by atoms with Crippen molar-refractivity contribution < 1.29 is 9.53 Å². The van der Waals surface area contributed by atoms with Crippen LogP contribution in [0.3, 0.4) is 0 Å². The van der Waals surface area contributed by atoms with E-state index in [1.54, 1.807) is 0 Å². The fourth-order valence-corrected chi connectivity index (χ4v) is 3.80. The predicted molar refractivity (Wildman–Crippen MR) is 113 cm³/mol. The molecule has 1 N–H and O–H groups in total. The average molecular weight is 443 g/mol. The van der Waals surface area contributed by atoms with E-state index >= 15 is 0 Å². The molecule has 1 amide bonds. The van der Waals surface area contributed by atoms with Crippen LogP contribution in [-0.4, -0.2) is 41.6 Å². The summed E-state index contributed by atoms with van der Waals surface area (Å²) in [4.78, 5) is 19.8. The first kappa shape index (κ1) is 19.0. The number of nitrogens with zero attached hydrogens (tertiary/aromatic N) is 3. The van der Waals surface area contributed by atoms with Crippen LogP contribution >= 0.6 is 15.9 Å². The van der Waals surface area contributed by atoms with Crippen LogP contribution in [-0.2, 0) is 17.7 Å². The number of aryl methyl sites for hydroxylation is 1. The maximum atomic E-state index is 12.9. The highest BCUT2D eigenvalue weighted by Gasteiger charge is 2.18. The van der Waals surface area contributed by atoms with E-state index in [1.165, 1.54) is 5.69 Å². The molecule has 1 aliphatic rings. The lowest BCUT2D eigenvalue weighted by atomic mass is 10.1. The molecule has 0 spiro atoms. The quantitative estimate of drug-likeness (QED) is 0.657. The summed E-state index contributed by atoms with van der Waals surface area (Å²) in [6.45, 7) is 5.87. The van der Waals surface area contributed by atoms with Gasteiger partial charge in [0.1, 0.15) is 11.3 Å². The number of rotatable bonds is 5. The van der Waals surface area contributed by atoms with Crippen molar-refractivity contribution in [1.82, 2.24) is 14.7 Å². The summed E-state index contributed by atoms with van der Waals surface area (Å²) in [6, 6.07) is 12.2. The minimum Gasteiger partial charge on any atom is -0.378 e. The largest absolute Gasteiger partial charge is 0.378 e. The molecular weight excluding hydrogens is 420 g/mol. The third-order valence-corrected chi connectivity index (χ3v) is 5.44. The molecule has 7 heteroatoms. The Morgan fingerprint density at radius 2 is 1.93 bits per heavy atom. The maximum absolute atomic E-state index is 12.9. The first-order valence-corrected chi connectivity index (χ1v) is 10.3. The second-order valence-electron chi connectivity index (χ2n) is 6.78. The van der Waals surface area contributed by atoms with Gasteiger partial charge in [-0.3, -0.25) is 9.20 Å². The summed E-state index contributed by atoms with van der Waals surface area (Å²) >= 11 is 3.47. The highest BCUT2D eigenvalue weighted by atomic mass is 79.9. The van der Waals surface area contributed by atoms with Crippen molar-refractivity contribution in [3.63, 3.8) is 0 Å². The number of nitrogens with one attached hydrogen (secondary N) is 1. The minimum absolute atomic E-state index is 0.111. The predicted octanol–water partition coefficient (Wildman–Crippen LogP) is 3.43. The summed E-state index contributed by atoms with van der Waals surface area (Å²) < 4.78 is 8.16. The number of pyridine rings is 1. The van der Waals surface area contributed by atoms with E-state index in [1.807, 2.05) is 29.7 Å². The van der Waals surface area contributed by atoms with Crippen molar-refractivity contribution in [2.75, 3.05) is 31.2 Å². The number of carbonyl (C=O) groups is 1. The summed E-state index contributed by atoms with van der Waals surface area (Å²) in [7, 11) is 0. The number of fused-ring (bicyclic) bond motifs is 1. The van der Waals surface area contributed by atoms with Crippen molar-refractivity contribution in [3.8, 4) is 0 Å². The number of halogens is 1. The first-order chi connectivity index (χ1) is 13.7. The zero-order valence-electron chi connectivity index (χ0n) is 15.8. The van der Waals surface area contributed by atoms with Gasteiger partial charge in [0.15, 0.2) is 0 Å². The van der Waals surface area contributed by atoms with E-state index in [0.29, 0.717) is 18.7 Å². The highest BCUT2D eigenvalue weighted by molar-refractivity contribution is 9.10. The molecule has 0 radical (unpaired) electrons. The molecule has 3 heterocycles. The molecule has 0 aliphatic carbocycles. The third kappa shape index (κ3) is 3.91. The second kappa shape index (κ2) is 8.32. The molecule has 0 bridgehead atoms. The van der Waals surface area contributed by atoms with Gasteiger partial charge >= 0.3 is 0 Å². The Morgan fingerprint density at radius 3 is 2.64 bits per heavy atom. The van der Waals surface area contributed by atoms with Gasteiger partial charge in [0.25, 0.3) is 5.91 Å². The monoisotopic (exact) mass is 442 g/mol. The molecule has 2 aromatic heterocycles. The average Bonchev–Trinajstić information content (AvgIpc) is 3.11. The molecule has 1 fully saturated rings. The molecule has 0 atom stereocenters. The molecule has 6 nitrogen and oxygen atoms in total. The van der Waals surface area contributed by atoms with Crippen molar-refractivity contribution in [1.29, 1.82) is 0 Å². The van der Waals surface area contributed by atoms with Crippen LogP contribution < -0.4 is 10.2 Å². The second-order valence-corrected chi connectivity index (χ2v) is 7.70. The van der Waals surface area contributed by atoms with Crippen molar-refractivity contribution in [2.45, 2.75) is 19.9 Å². The van der Waals surface area contributed by atoms with Gasteiger partial charge in [-0.25, -0.2) is 4.98 Å². The van der Waals surface area contributed by atoms with Gasteiger partial charge in [-0.05, 0) is 52.2 Å². The smallest absolute Gasteiger partial charge is 0.270 e. The summed E-state index contributed by atoms with van der Waals surface area (Å²) in [6.07, 6.45) is 2.59.